The molecule has 0 saturated carbocycles. The van der Waals surface area contributed by atoms with Crippen molar-refractivity contribution < 1.29 is 4.79 Å². The molecule has 0 spiro atoms. The Hall–Kier alpha value is -3.52. The number of amides is 1. The van der Waals surface area contributed by atoms with E-state index in [2.05, 4.69) is 62.7 Å². The Balaban J connectivity index is 1.42. The maximum absolute atomic E-state index is 12.4. The third-order valence-electron chi connectivity index (χ3n) is 5.74. The molecule has 1 aliphatic rings. The number of hydrazine groups is 1. The molecule has 0 unspecified atom stereocenters. The summed E-state index contributed by atoms with van der Waals surface area (Å²) in [7, 11) is 0. The number of piperazine rings is 1. The van der Waals surface area contributed by atoms with Gasteiger partial charge in [-0.25, -0.2) is 9.97 Å². The molecule has 4 N–H and O–H groups in total. The van der Waals surface area contributed by atoms with Gasteiger partial charge in [-0.1, -0.05) is 29.8 Å². The van der Waals surface area contributed by atoms with E-state index in [9.17, 15) is 4.79 Å². The second kappa shape index (κ2) is 9.32. The zero-order valence-electron chi connectivity index (χ0n) is 18.1. The molecule has 3 aromatic rings. The van der Waals surface area contributed by atoms with Crippen molar-refractivity contribution in [1.29, 1.82) is 0 Å². The Bertz CT molecular complexity index is 1130. The molecule has 0 aliphatic carbocycles. The lowest BCUT2D eigenvalue weighted by molar-refractivity contribution is 0.0962. The summed E-state index contributed by atoms with van der Waals surface area (Å²) in [4.78, 5) is 25.5. The minimum Gasteiger partial charge on any atom is -0.393 e. The number of aromatic nitrogens is 2. The highest BCUT2D eigenvalue weighted by molar-refractivity contribution is 6.30. The van der Waals surface area contributed by atoms with Crippen LogP contribution in [0.3, 0.4) is 0 Å². The maximum atomic E-state index is 12.4. The summed E-state index contributed by atoms with van der Waals surface area (Å²) in [6, 6.07) is 13.1. The lowest BCUT2D eigenvalue weighted by atomic mass is 10.1. The lowest BCUT2D eigenvalue weighted by Gasteiger charge is -2.38. The van der Waals surface area contributed by atoms with E-state index in [0.29, 0.717) is 27.9 Å². The molecular formula is C23H26ClN7O. The molecular weight excluding hydrogens is 426 g/mol. The highest BCUT2D eigenvalue weighted by Gasteiger charge is 2.22. The summed E-state index contributed by atoms with van der Waals surface area (Å²) in [6.07, 6.45) is 1.44. The average molecular weight is 452 g/mol. The fourth-order valence-electron chi connectivity index (χ4n) is 3.79. The Morgan fingerprint density at radius 2 is 1.75 bits per heavy atom. The molecule has 32 heavy (non-hydrogen) atoms. The predicted molar refractivity (Wildman–Crippen MR) is 129 cm³/mol. The zero-order chi connectivity index (χ0) is 22.7. The van der Waals surface area contributed by atoms with Gasteiger partial charge in [-0.05, 0) is 49.2 Å². The van der Waals surface area contributed by atoms with Gasteiger partial charge in [0.25, 0.3) is 5.91 Å². The molecule has 1 amide bonds. The molecule has 1 saturated heterocycles. The number of nitrogens with zero attached hydrogens (tertiary/aromatic N) is 4. The first-order valence-electron chi connectivity index (χ1n) is 10.4. The first-order chi connectivity index (χ1) is 15.4. The van der Waals surface area contributed by atoms with Gasteiger partial charge < -0.3 is 15.5 Å². The van der Waals surface area contributed by atoms with E-state index in [1.54, 1.807) is 24.3 Å². The summed E-state index contributed by atoms with van der Waals surface area (Å²) in [5.41, 5.74) is 16.4. The van der Waals surface area contributed by atoms with Crippen LogP contribution in [-0.2, 0) is 0 Å². The molecule has 4 rings (SSSR count). The second-order valence-electron chi connectivity index (χ2n) is 7.74. The smallest absolute Gasteiger partial charge is 0.269 e. The third kappa shape index (κ3) is 4.55. The van der Waals surface area contributed by atoms with Crippen molar-refractivity contribution in [2.24, 2.45) is 0 Å². The number of halogens is 1. The monoisotopic (exact) mass is 451 g/mol. The Morgan fingerprint density at radius 3 is 2.50 bits per heavy atom. The molecule has 8 nitrogen and oxygen atoms in total. The van der Waals surface area contributed by atoms with E-state index in [-0.39, 0.29) is 5.91 Å². The number of rotatable bonds is 5. The number of hydrogen-bond donors (Lipinski definition) is 3. The van der Waals surface area contributed by atoms with Crippen LogP contribution >= 0.6 is 11.6 Å². The van der Waals surface area contributed by atoms with E-state index >= 15 is 0 Å². The largest absolute Gasteiger partial charge is 0.393 e. The number of nitrogens with two attached hydrogens (primary N) is 1. The second-order valence-corrected chi connectivity index (χ2v) is 8.18. The molecule has 1 fully saturated rings. The van der Waals surface area contributed by atoms with Crippen LogP contribution in [0, 0.1) is 13.8 Å². The van der Waals surface area contributed by atoms with Gasteiger partial charge >= 0.3 is 0 Å². The number of aryl methyl sites for hydroxylation is 1. The molecule has 0 bridgehead atoms. The van der Waals surface area contributed by atoms with E-state index in [0.717, 1.165) is 26.2 Å². The molecule has 166 valence electrons. The van der Waals surface area contributed by atoms with Crippen LogP contribution in [0.15, 0.2) is 48.8 Å². The third-order valence-corrected chi connectivity index (χ3v) is 5.98. The number of carbonyl (C=O) groups is 1. The van der Waals surface area contributed by atoms with Gasteiger partial charge in [-0.3, -0.25) is 15.6 Å². The van der Waals surface area contributed by atoms with Gasteiger partial charge in [0.05, 0.1) is 0 Å². The van der Waals surface area contributed by atoms with E-state index in [1.165, 1.54) is 23.1 Å². The average Bonchev–Trinajstić information content (AvgIpc) is 2.80. The number of hydrogen-bond acceptors (Lipinski definition) is 7. The van der Waals surface area contributed by atoms with Crippen LogP contribution in [0.25, 0.3) is 0 Å². The van der Waals surface area contributed by atoms with Gasteiger partial charge in [0.2, 0.25) is 0 Å². The Labute approximate surface area is 192 Å². The normalized spacial score (nSPS) is 13.7. The van der Waals surface area contributed by atoms with E-state index in [1.807, 2.05) is 0 Å². The number of benzene rings is 2. The molecule has 2 heterocycles. The summed E-state index contributed by atoms with van der Waals surface area (Å²) in [5, 5.41) is 0.487. The first-order valence-corrected chi connectivity index (χ1v) is 10.8. The van der Waals surface area contributed by atoms with Crippen molar-refractivity contribution in [3.8, 4) is 0 Å². The fraction of sp³-hybridized carbons (Fsp3) is 0.261. The van der Waals surface area contributed by atoms with Crippen molar-refractivity contribution in [1.82, 2.24) is 15.4 Å². The fourth-order valence-corrected chi connectivity index (χ4v) is 3.98. The minimum atomic E-state index is -0.339. The van der Waals surface area contributed by atoms with Gasteiger partial charge in [0.1, 0.15) is 12.0 Å². The van der Waals surface area contributed by atoms with Crippen LogP contribution in [0.4, 0.5) is 23.0 Å². The predicted octanol–water partition coefficient (Wildman–Crippen LogP) is 3.41. The topological polar surface area (TPSA) is 99.4 Å². The van der Waals surface area contributed by atoms with Crippen LogP contribution in [-0.4, -0.2) is 42.1 Å². The lowest BCUT2D eigenvalue weighted by Crippen LogP contribution is -2.47. The van der Waals surface area contributed by atoms with Gasteiger partial charge in [-0.15, -0.1) is 0 Å². The first kappa shape index (κ1) is 21.7. The summed E-state index contributed by atoms with van der Waals surface area (Å²) < 4.78 is 0. The van der Waals surface area contributed by atoms with Crippen LogP contribution in [0.1, 0.15) is 21.5 Å². The molecule has 2 aromatic carbocycles. The maximum Gasteiger partial charge on any atom is 0.269 e. The summed E-state index contributed by atoms with van der Waals surface area (Å²) >= 11 is 5.95. The molecule has 9 heteroatoms. The molecule has 1 aliphatic heterocycles. The summed E-state index contributed by atoms with van der Waals surface area (Å²) in [5.74, 6) is 0.664. The Kier molecular flexibility index (Phi) is 6.32. The number of nitrogen functional groups attached to an aromatic ring is 1. The molecule has 0 radical (unpaired) electrons. The Morgan fingerprint density at radius 1 is 1.03 bits per heavy atom. The van der Waals surface area contributed by atoms with Crippen molar-refractivity contribution in [2.45, 2.75) is 13.8 Å². The summed E-state index contributed by atoms with van der Waals surface area (Å²) in [6.45, 7) is 7.58. The highest BCUT2D eigenvalue weighted by Crippen LogP contribution is 2.29. The quantitative estimate of drug-likeness (QED) is 0.511. The number of carbonyl (C=O) groups excluding carboxylic acids is 1. The molecule has 0 atom stereocenters. The minimum absolute atomic E-state index is 0.339. The number of anilines is 4. The van der Waals surface area contributed by atoms with E-state index < -0.39 is 0 Å². The molecule has 1 aromatic heterocycles. The van der Waals surface area contributed by atoms with Gasteiger partial charge in [0.15, 0.2) is 11.6 Å². The van der Waals surface area contributed by atoms with Crippen LogP contribution in [0.5, 0.6) is 0 Å². The highest BCUT2D eigenvalue weighted by atomic mass is 35.5. The van der Waals surface area contributed by atoms with Gasteiger partial charge in [0, 0.05) is 42.5 Å². The van der Waals surface area contributed by atoms with Crippen LogP contribution in [0.2, 0.25) is 5.02 Å². The van der Waals surface area contributed by atoms with Crippen LogP contribution < -0.4 is 26.4 Å². The standard InChI is InChI=1S/C23H26ClN7O/c1-15-5-3-8-19(16(15)2)30-9-11-31(12-10-30)22-20(25)21(26-14-27-22)28-29-23(32)17-6-4-7-18(24)13-17/h3-8,13-14H,9-12,25H2,1-2H3,(H,29,32)(H,26,27,28). The van der Waals surface area contributed by atoms with Crippen molar-refractivity contribution >= 4 is 40.5 Å². The van der Waals surface area contributed by atoms with Crippen molar-refractivity contribution in [2.75, 3.05) is 47.1 Å². The zero-order valence-corrected chi connectivity index (χ0v) is 18.9. The number of nitrogens with one attached hydrogen (secondary N) is 2. The van der Waals surface area contributed by atoms with Crippen molar-refractivity contribution in [3.05, 3.63) is 70.5 Å². The SMILES string of the molecule is Cc1cccc(N2CCN(c3ncnc(NNC(=O)c4cccc(Cl)c4)c3N)CC2)c1C. The van der Waals surface area contributed by atoms with E-state index in [4.69, 9.17) is 17.3 Å². The van der Waals surface area contributed by atoms with Gasteiger partial charge in [-0.2, -0.15) is 0 Å². The van der Waals surface area contributed by atoms with Crippen molar-refractivity contribution in [3.63, 3.8) is 0 Å².